The molecule has 0 aliphatic rings. The molecule has 0 amide bonds. The molecule has 0 aliphatic heterocycles. The highest BCUT2D eigenvalue weighted by Crippen LogP contribution is 2.24. The van der Waals surface area contributed by atoms with E-state index in [0.29, 0.717) is 21.2 Å². The van der Waals surface area contributed by atoms with Crippen LogP contribution in [0.5, 0.6) is 0 Å². The van der Waals surface area contributed by atoms with Gasteiger partial charge < -0.3 is 0 Å². The van der Waals surface area contributed by atoms with Crippen LogP contribution in [0.1, 0.15) is 11.1 Å². The summed E-state index contributed by atoms with van der Waals surface area (Å²) in [5.41, 5.74) is 1.18. The van der Waals surface area contributed by atoms with Crippen molar-refractivity contribution in [3.63, 3.8) is 0 Å². The van der Waals surface area contributed by atoms with E-state index in [0.717, 1.165) is 0 Å². The van der Waals surface area contributed by atoms with Crippen LogP contribution in [0, 0.1) is 24.7 Å². The smallest absolute Gasteiger partial charge is 0.0605 e. The molecule has 1 aromatic carbocycles. The molecule has 0 spiro atoms. The van der Waals surface area contributed by atoms with Crippen LogP contribution in [-0.2, 0) is 0 Å². The van der Waals surface area contributed by atoms with Crippen molar-refractivity contribution in [1.29, 1.82) is 0 Å². The number of hydrogen-bond donors (Lipinski definition) is 0. The van der Waals surface area contributed by atoms with Crippen molar-refractivity contribution in [2.24, 2.45) is 0 Å². The van der Waals surface area contributed by atoms with Crippen LogP contribution in [0.2, 0.25) is 10.0 Å². The highest BCUT2D eigenvalue weighted by Gasteiger charge is 2.02. The molecule has 0 unspecified atom stereocenters. The first-order valence-corrected chi connectivity index (χ1v) is 3.87. The van der Waals surface area contributed by atoms with Gasteiger partial charge in [0.1, 0.15) is 0 Å². The minimum absolute atomic E-state index is 0.420. The first-order valence-electron chi connectivity index (χ1n) is 3.11. The lowest BCUT2D eigenvalue weighted by atomic mass is 10.1. The lowest BCUT2D eigenvalue weighted by Crippen LogP contribution is -1.83. The fourth-order valence-corrected chi connectivity index (χ4v) is 1.11. The predicted molar refractivity (Wildman–Crippen MR) is 52.3 cm³/mol. The Bertz CT molecular complexity index is 353. The number of benzene rings is 1. The van der Waals surface area contributed by atoms with Crippen LogP contribution in [0.15, 0.2) is 12.1 Å². The third kappa shape index (κ3) is 1.56. The maximum Gasteiger partial charge on any atom is 0.0605 e. The Balaban J connectivity index is 3.44. The van der Waals surface area contributed by atoms with Crippen LogP contribution < -0.4 is 0 Å². The van der Waals surface area contributed by atoms with Gasteiger partial charge in [-0.25, -0.2) is 0 Å². The Hall–Kier alpha value is -1.08. The second-order valence-electron chi connectivity index (χ2n) is 2.10. The van der Waals surface area contributed by atoms with Gasteiger partial charge in [-0.05, 0) is 12.1 Å². The van der Waals surface area contributed by atoms with E-state index in [1.807, 2.05) is 0 Å². The topological polar surface area (TPSA) is 0 Å². The summed E-state index contributed by atoms with van der Waals surface area (Å²) in [6.45, 7) is 0. The fraction of sp³-hybridized carbons (Fsp3) is 0. The van der Waals surface area contributed by atoms with Gasteiger partial charge in [0.2, 0.25) is 0 Å². The minimum atomic E-state index is 0.420. The molecule has 1 aromatic rings. The van der Waals surface area contributed by atoms with E-state index in [1.165, 1.54) is 0 Å². The zero-order valence-electron chi connectivity index (χ0n) is 6.07. The van der Waals surface area contributed by atoms with Gasteiger partial charge >= 0.3 is 0 Å². The molecule has 0 nitrogen and oxygen atoms in total. The second kappa shape index (κ2) is 3.55. The van der Waals surface area contributed by atoms with Crippen molar-refractivity contribution in [3.8, 4) is 24.7 Å². The highest BCUT2D eigenvalue weighted by molar-refractivity contribution is 6.42. The first-order chi connectivity index (χ1) is 5.69. The standard InChI is InChI=1S/C10H4Cl2/c1-3-7-5-9(11)10(12)6-8(7)4-2/h1-2,5-6H. The maximum absolute atomic E-state index is 5.73. The molecule has 0 saturated carbocycles. The van der Waals surface area contributed by atoms with Crippen LogP contribution >= 0.6 is 23.2 Å². The van der Waals surface area contributed by atoms with Crippen LogP contribution in [0.25, 0.3) is 0 Å². The molecular weight excluding hydrogens is 191 g/mol. The van der Waals surface area contributed by atoms with Crippen molar-refractivity contribution in [3.05, 3.63) is 33.3 Å². The molecule has 1 rings (SSSR count). The van der Waals surface area contributed by atoms with E-state index < -0.39 is 0 Å². The fourth-order valence-electron chi connectivity index (χ4n) is 0.786. The molecule has 0 atom stereocenters. The minimum Gasteiger partial charge on any atom is -0.115 e. The van der Waals surface area contributed by atoms with Gasteiger partial charge in [0.25, 0.3) is 0 Å². The Morgan fingerprint density at radius 1 is 0.917 bits per heavy atom. The monoisotopic (exact) mass is 194 g/mol. The predicted octanol–water partition coefficient (Wildman–Crippen LogP) is 2.96. The normalized spacial score (nSPS) is 8.67. The summed E-state index contributed by atoms with van der Waals surface area (Å²) < 4.78 is 0. The van der Waals surface area contributed by atoms with Gasteiger partial charge in [0.15, 0.2) is 0 Å². The Labute approximate surface area is 81.5 Å². The van der Waals surface area contributed by atoms with E-state index >= 15 is 0 Å². The molecular formula is C10H4Cl2. The molecule has 0 heterocycles. The quantitative estimate of drug-likeness (QED) is 0.558. The van der Waals surface area contributed by atoms with E-state index in [2.05, 4.69) is 11.8 Å². The number of terminal acetylenes is 2. The molecule has 0 aliphatic carbocycles. The Morgan fingerprint density at radius 3 is 1.50 bits per heavy atom. The van der Waals surface area contributed by atoms with Crippen molar-refractivity contribution in [2.75, 3.05) is 0 Å². The average Bonchev–Trinajstić information content (AvgIpc) is 2.09. The summed E-state index contributed by atoms with van der Waals surface area (Å²) in [6, 6.07) is 3.16. The largest absolute Gasteiger partial charge is 0.115 e. The highest BCUT2D eigenvalue weighted by atomic mass is 35.5. The van der Waals surface area contributed by atoms with E-state index in [9.17, 15) is 0 Å². The van der Waals surface area contributed by atoms with Crippen molar-refractivity contribution in [2.45, 2.75) is 0 Å². The molecule has 2 heteroatoms. The molecule has 12 heavy (non-hydrogen) atoms. The summed E-state index contributed by atoms with van der Waals surface area (Å²) in [4.78, 5) is 0. The Morgan fingerprint density at radius 2 is 1.25 bits per heavy atom. The van der Waals surface area contributed by atoms with Gasteiger partial charge in [-0.1, -0.05) is 35.0 Å². The summed E-state index contributed by atoms with van der Waals surface area (Å²) in [5, 5.41) is 0.840. The number of rotatable bonds is 0. The van der Waals surface area contributed by atoms with E-state index in [1.54, 1.807) is 12.1 Å². The number of halogens is 2. The van der Waals surface area contributed by atoms with Crippen LogP contribution in [0.4, 0.5) is 0 Å². The third-order valence-corrected chi connectivity index (χ3v) is 2.09. The molecule has 0 N–H and O–H groups in total. The SMILES string of the molecule is C#Cc1cc(Cl)c(Cl)cc1C#C. The summed E-state index contributed by atoms with van der Waals surface area (Å²) in [7, 11) is 0. The molecule has 0 radical (unpaired) electrons. The molecule has 0 saturated heterocycles. The molecule has 0 aromatic heterocycles. The van der Waals surface area contributed by atoms with Gasteiger partial charge in [-0.2, -0.15) is 0 Å². The van der Waals surface area contributed by atoms with Gasteiger partial charge in [-0.3, -0.25) is 0 Å². The van der Waals surface area contributed by atoms with Crippen molar-refractivity contribution >= 4 is 23.2 Å². The lowest BCUT2D eigenvalue weighted by molar-refractivity contribution is 1.59. The first kappa shape index (κ1) is 9.01. The number of hydrogen-bond acceptors (Lipinski definition) is 0. The molecule has 58 valence electrons. The Kier molecular flexibility index (Phi) is 2.66. The molecule has 0 bridgehead atoms. The van der Waals surface area contributed by atoms with Crippen LogP contribution in [0.3, 0.4) is 0 Å². The van der Waals surface area contributed by atoms with E-state index in [4.69, 9.17) is 36.0 Å². The molecule has 0 fully saturated rings. The summed E-state index contributed by atoms with van der Waals surface area (Å²) in [6.07, 6.45) is 10.4. The lowest BCUT2D eigenvalue weighted by Gasteiger charge is -1.99. The summed E-state index contributed by atoms with van der Waals surface area (Å²) in [5.74, 6) is 4.86. The zero-order valence-corrected chi connectivity index (χ0v) is 7.58. The van der Waals surface area contributed by atoms with Crippen LogP contribution in [-0.4, -0.2) is 0 Å². The maximum atomic E-state index is 5.73. The van der Waals surface area contributed by atoms with Gasteiger partial charge in [0.05, 0.1) is 10.0 Å². The summed E-state index contributed by atoms with van der Waals surface area (Å²) >= 11 is 11.5. The average molecular weight is 195 g/mol. The van der Waals surface area contributed by atoms with Crippen molar-refractivity contribution in [1.82, 2.24) is 0 Å². The zero-order chi connectivity index (χ0) is 9.14. The van der Waals surface area contributed by atoms with Gasteiger partial charge in [-0.15, -0.1) is 12.8 Å². The van der Waals surface area contributed by atoms with Gasteiger partial charge in [0, 0.05) is 11.1 Å². The van der Waals surface area contributed by atoms with E-state index in [-0.39, 0.29) is 0 Å². The van der Waals surface area contributed by atoms with Crippen molar-refractivity contribution < 1.29 is 0 Å². The third-order valence-electron chi connectivity index (χ3n) is 1.37. The second-order valence-corrected chi connectivity index (χ2v) is 2.91.